The summed E-state index contributed by atoms with van der Waals surface area (Å²) in [5, 5.41) is 0. The predicted octanol–water partition coefficient (Wildman–Crippen LogP) is 0.265. The standard InChI is InChI=1S/C20H27N6O8P/c1-3-34-25-13(2)16(27)20(35(29,30)31,33-11-14-7-5-4-6-8-14)32-10-9-26-12-22-15-17(26)23-19(21)24-18(15)28/h4-8,12-13,25H,3,9-11H2,1-2H3,(H2,29,30,31)(H3,21,23,24,28)/t13-,20?/m1/s1. The Kier molecular flexibility index (Phi) is 8.51. The van der Waals surface area contributed by atoms with Gasteiger partial charge in [0.2, 0.25) is 11.7 Å². The van der Waals surface area contributed by atoms with Gasteiger partial charge in [-0.15, -0.1) is 0 Å². The van der Waals surface area contributed by atoms with Crippen LogP contribution in [0.15, 0.2) is 41.5 Å². The maximum absolute atomic E-state index is 13.3. The number of imidazole rings is 1. The maximum Gasteiger partial charge on any atom is 0.393 e. The number of fused-ring (bicyclic) bond motifs is 1. The molecule has 2 atom stereocenters. The largest absolute Gasteiger partial charge is 0.393 e. The second-order valence-electron chi connectivity index (χ2n) is 7.45. The van der Waals surface area contributed by atoms with Gasteiger partial charge < -0.3 is 34.4 Å². The van der Waals surface area contributed by atoms with E-state index in [-0.39, 0.29) is 36.9 Å². The first-order valence-electron chi connectivity index (χ1n) is 10.6. The second kappa shape index (κ2) is 11.2. The minimum atomic E-state index is -5.36. The first-order valence-corrected chi connectivity index (χ1v) is 12.2. The molecule has 0 saturated heterocycles. The number of rotatable bonds is 13. The van der Waals surface area contributed by atoms with E-state index in [4.69, 9.17) is 20.0 Å². The molecule has 14 nitrogen and oxygen atoms in total. The van der Waals surface area contributed by atoms with Gasteiger partial charge in [-0.2, -0.15) is 10.5 Å². The van der Waals surface area contributed by atoms with E-state index in [2.05, 4.69) is 20.4 Å². The van der Waals surface area contributed by atoms with Gasteiger partial charge in [0.05, 0.1) is 32.2 Å². The SMILES string of the molecule is CCON[C@H](C)C(=O)C(OCCn1cnc2c(=O)[nH]c(N)nc21)(OCc1ccccc1)P(=O)(O)O. The van der Waals surface area contributed by atoms with E-state index < -0.39 is 37.1 Å². The maximum atomic E-state index is 13.3. The Morgan fingerprint density at radius 3 is 2.69 bits per heavy atom. The molecule has 0 aliphatic carbocycles. The Labute approximate surface area is 199 Å². The summed E-state index contributed by atoms with van der Waals surface area (Å²) >= 11 is 0. The van der Waals surface area contributed by atoms with Crippen LogP contribution in [0, 0.1) is 0 Å². The summed E-state index contributed by atoms with van der Waals surface area (Å²) in [6.45, 7) is 2.43. The van der Waals surface area contributed by atoms with Gasteiger partial charge in [0, 0.05) is 6.54 Å². The number of hydroxylamine groups is 1. The molecule has 2 heterocycles. The third-order valence-electron chi connectivity index (χ3n) is 4.89. The highest BCUT2D eigenvalue weighted by Gasteiger charge is 2.58. The number of Topliss-reactive ketones (excluding diaryl/α,β-unsaturated/α-hetero) is 1. The van der Waals surface area contributed by atoms with Crippen molar-refractivity contribution in [2.75, 3.05) is 18.9 Å². The molecule has 0 aliphatic heterocycles. The number of aromatic amines is 1. The number of aromatic nitrogens is 4. The topological polar surface area (TPSA) is 204 Å². The summed E-state index contributed by atoms with van der Waals surface area (Å²) < 4.78 is 25.1. The van der Waals surface area contributed by atoms with E-state index >= 15 is 0 Å². The van der Waals surface area contributed by atoms with Crippen LogP contribution < -0.4 is 16.8 Å². The fraction of sp³-hybridized carbons (Fsp3) is 0.400. The quantitative estimate of drug-likeness (QED) is 0.119. The van der Waals surface area contributed by atoms with Crippen LogP contribution in [0.25, 0.3) is 11.2 Å². The summed E-state index contributed by atoms with van der Waals surface area (Å²) in [5.74, 6) is -1.20. The Balaban J connectivity index is 1.89. The molecule has 6 N–H and O–H groups in total. The van der Waals surface area contributed by atoms with Crippen LogP contribution in [0.5, 0.6) is 0 Å². The highest BCUT2D eigenvalue weighted by Crippen LogP contribution is 2.53. The lowest BCUT2D eigenvalue weighted by atomic mass is 10.2. The van der Waals surface area contributed by atoms with Crippen molar-refractivity contribution in [2.24, 2.45) is 0 Å². The molecule has 2 aromatic heterocycles. The number of ketones is 1. The lowest BCUT2D eigenvalue weighted by Gasteiger charge is -2.34. The molecule has 1 aromatic carbocycles. The summed E-state index contributed by atoms with van der Waals surface area (Å²) in [6, 6.07) is 7.34. The molecule has 0 aliphatic rings. The monoisotopic (exact) mass is 510 g/mol. The summed E-state index contributed by atoms with van der Waals surface area (Å²) in [4.78, 5) is 61.0. The lowest BCUT2D eigenvalue weighted by molar-refractivity contribution is -0.205. The zero-order valence-electron chi connectivity index (χ0n) is 19.1. The molecule has 3 rings (SSSR count). The van der Waals surface area contributed by atoms with Crippen molar-refractivity contribution in [3.8, 4) is 0 Å². The van der Waals surface area contributed by atoms with E-state index in [9.17, 15) is 23.9 Å². The number of nitrogens with two attached hydrogens (primary N) is 1. The normalized spacial score (nSPS) is 14.6. The molecule has 0 saturated carbocycles. The van der Waals surface area contributed by atoms with Crippen LogP contribution >= 0.6 is 7.60 Å². The van der Waals surface area contributed by atoms with E-state index in [1.54, 1.807) is 37.3 Å². The van der Waals surface area contributed by atoms with Gasteiger partial charge in [-0.25, -0.2) is 4.98 Å². The summed E-state index contributed by atoms with van der Waals surface area (Å²) in [6.07, 6.45) is 1.29. The first-order chi connectivity index (χ1) is 16.6. The summed E-state index contributed by atoms with van der Waals surface area (Å²) in [7, 11) is -5.36. The van der Waals surface area contributed by atoms with E-state index in [0.29, 0.717) is 5.56 Å². The van der Waals surface area contributed by atoms with Gasteiger partial charge in [0.25, 0.3) is 5.56 Å². The molecule has 0 radical (unpaired) electrons. The van der Waals surface area contributed by atoms with Crippen molar-refractivity contribution >= 4 is 30.5 Å². The zero-order valence-corrected chi connectivity index (χ0v) is 20.0. The number of nitrogen functional groups attached to an aromatic ring is 1. The van der Waals surface area contributed by atoms with Crippen LogP contribution in [-0.4, -0.2) is 59.9 Å². The Bertz CT molecular complexity index is 1260. The van der Waals surface area contributed by atoms with Gasteiger partial charge in [-0.1, -0.05) is 30.3 Å². The van der Waals surface area contributed by atoms with Crippen molar-refractivity contribution in [3.63, 3.8) is 0 Å². The average molecular weight is 510 g/mol. The zero-order chi connectivity index (χ0) is 25.6. The Hall–Kier alpha value is -2.97. The fourth-order valence-electron chi connectivity index (χ4n) is 3.20. The van der Waals surface area contributed by atoms with Crippen LogP contribution in [0.1, 0.15) is 19.4 Å². The van der Waals surface area contributed by atoms with Gasteiger partial charge in [0.15, 0.2) is 11.2 Å². The van der Waals surface area contributed by atoms with Crippen molar-refractivity contribution in [3.05, 3.63) is 52.6 Å². The molecule has 15 heteroatoms. The fourth-order valence-corrected chi connectivity index (χ4v) is 4.18. The van der Waals surface area contributed by atoms with Gasteiger partial charge >= 0.3 is 13.1 Å². The highest BCUT2D eigenvalue weighted by atomic mass is 31.2. The molecule has 0 amide bonds. The molecular formula is C20H27N6O8P. The van der Waals surface area contributed by atoms with E-state index in [0.717, 1.165) is 0 Å². The Morgan fingerprint density at radius 2 is 2.03 bits per heavy atom. The van der Waals surface area contributed by atoms with Gasteiger partial charge in [-0.05, 0) is 19.4 Å². The molecular weight excluding hydrogens is 483 g/mol. The number of benzene rings is 1. The number of H-pyrrole nitrogens is 1. The first kappa shape index (κ1) is 26.6. The summed E-state index contributed by atoms with van der Waals surface area (Å²) in [5.41, 5.74) is 5.24. The minimum absolute atomic E-state index is 0.0198. The minimum Gasteiger partial charge on any atom is -0.369 e. The molecule has 3 aromatic rings. The average Bonchev–Trinajstić information content (AvgIpc) is 3.22. The number of carbonyl (C=O) groups excluding carboxylic acids is 1. The van der Waals surface area contributed by atoms with Crippen LogP contribution in [-0.2, 0) is 36.8 Å². The number of hydrogen-bond donors (Lipinski definition) is 5. The van der Waals surface area contributed by atoms with Crippen LogP contribution in [0.2, 0.25) is 0 Å². The van der Waals surface area contributed by atoms with Crippen molar-refractivity contribution in [1.29, 1.82) is 0 Å². The van der Waals surface area contributed by atoms with Gasteiger partial charge in [-0.3, -0.25) is 19.1 Å². The van der Waals surface area contributed by atoms with E-state index in [1.165, 1.54) is 17.8 Å². The number of nitrogens with one attached hydrogen (secondary N) is 2. The lowest BCUT2D eigenvalue weighted by Crippen LogP contribution is -2.52. The third-order valence-corrected chi connectivity index (χ3v) is 6.14. The molecule has 190 valence electrons. The number of nitrogens with zero attached hydrogens (tertiary/aromatic N) is 3. The van der Waals surface area contributed by atoms with Crippen molar-refractivity contribution < 1.29 is 33.5 Å². The van der Waals surface area contributed by atoms with E-state index in [1.807, 2.05) is 0 Å². The molecule has 0 fully saturated rings. The molecule has 0 bridgehead atoms. The van der Waals surface area contributed by atoms with Crippen molar-refractivity contribution in [2.45, 2.75) is 38.6 Å². The van der Waals surface area contributed by atoms with Crippen LogP contribution in [0.4, 0.5) is 5.95 Å². The predicted molar refractivity (Wildman–Crippen MR) is 124 cm³/mol. The molecule has 1 unspecified atom stereocenters. The smallest absolute Gasteiger partial charge is 0.369 e. The number of ether oxygens (including phenoxy) is 2. The second-order valence-corrected chi connectivity index (χ2v) is 9.12. The highest BCUT2D eigenvalue weighted by molar-refractivity contribution is 7.54. The number of anilines is 1. The Morgan fingerprint density at radius 1 is 1.31 bits per heavy atom. The number of carbonyl (C=O) groups is 1. The van der Waals surface area contributed by atoms with Crippen LogP contribution in [0.3, 0.4) is 0 Å². The third kappa shape index (κ3) is 6.00. The number of hydrogen-bond acceptors (Lipinski definition) is 10. The molecule has 0 spiro atoms. The molecule has 35 heavy (non-hydrogen) atoms. The van der Waals surface area contributed by atoms with Crippen molar-refractivity contribution in [1.82, 2.24) is 25.0 Å². The van der Waals surface area contributed by atoms with Gasteiger partial charge in [0.1, 0.15) is 0 Å².